The molecule has 0 radical (unpaired) electrons. The maximum Gasteiger partial charge on any atom is 0.242 e. The predicted octanol–water partition coefficient (Wildman–Crippen LogP) is 5.70. The highest BCUT2D eigenvalue weighted by Crippen LogP contribution is 2.37. The fourth-order valence-corrected chi connectivity index (χ4v) is 4.11. The number of hydrogen-bond donors (Lipinski definition) is 1. The van der Waals surface area contributed by atoms with E-state index in [0.717, 1.165) is 27.7 Å². The zero-order valence-electron chi connectivity index (χ0n) is 18.0. The van der Waals surface area contributed by atoms with Gasteiger partial charge in [-0.1, -0.05) is 62.0 Å². The van der Waals surface area contributed by atoms with Crippen molar-refractivity contribution in [3.05, 3.63) is 77.2 Å². The number of ether oxygens (including phenoxy) is 1. The normalized spacial score (nSPS) is 11.9. The Morgan fingerprint density at radius 1 is 1.03 bits per heavy atom. The van der Waals surface area contributed by atoms with E-state index in [0.29, 0.717) is 11.4 Å². The lowest BCUT2D eigenvalue weighted by molar-refractivity contribution is -0.115. The van der Waals surface area contributed by atoms with E-state index in [-0.39, 0.29) is 11.8 Å². The summed E-state index contributed by atoms with van der Waals surface area (Å²) in [5.41, 5.74) is 3.51. The van der Waals surface area contributed by atoms with Crippen LogP contribution in [0.4, 0.5) is 5.69 Å². The number of thioether (sulfide) groups is 1. The molecule has 1 N–H and O–H groups in total. The molecule has 1 amide bonds. The maximum absolute atomic E-state index is 13.4. The molecular formula is C24H27N3O2S. The number of hydrogen-bond acceptors (Lipinski definition) is 5. The minimum atomic E-state index is -0.467. The molecular weight excluding hydrogens is 394 g/mol. The lowest BCUT2D eigenvalue weighted by atomic mass is 10.1. The van der Waals surface area contributed by atoms with E-state index in [1.54, 1.807) is 7.11 Å². The van der Waals surface area contributed by atoms with Crippen LogP contribution in [0.3, 0.4) is 0 Å². The molecule has 0 bridgehead atoms. The van der Waals surface area contributed by atoms with Gasteiger partial charge in [0, 0.05) is 11.6 Å². The van der Waals surface area contributed by atoms with Crippen molar-refractivity contribution in [2.45, 2.75) is 43.9 Å². The topological polar surface area (TPSA) is 64.1 Å². The smallest absolute Gasteiger partial charge is 0.242 e. The number of amides is 1. The number of rotatable bonds is 7. The summed E-state index contributed by atoms with van der Waals surface area (Å²) in [6.07, 6.45) is 0. The van der Waals surface area contributed by atoms with Crippen molar-refractivity contribution in [2.75, 3.05) is 12.4 Å². The van der Waals surface area contributed by atoms with Crippen LogP contribution in [0.2, 0.25) is 0 Å². The minimum Gasteiger partial charge on any atom is -0.495 e. The number of nitrogens with zero attached hydrogens (tertiary/aromatic N) is 2. The first kappa shape index (κ1) is 21.8. The molecule has 0 saturated heterocycles. The van der Waals surface area contributed by atoms with Crippen molar-refractivity contribution < 1.29 is 9.53 Å². The van der Waals surface area contributed by atoms with E-state index in [4.69, 9.17) is 4.74 Å². The quantitative estimate of drug-likeness (QED) is 0.392. The molecule has 1 heterocycles. The van der Waals surface area contributed by atoms with E-state index in [1.807, 2.05) is 68.4 Å². The van der Waals surface area contributed by atoms with Gasteiger partial charge in [-0.15, -0.1) is 0 Å². The Labute approximate surface area is 182 Å². The molecule has 3 rings (SSSR count). The molecule has 1 aromatic heterocycles. The summed E-state index contributed by atoms with van der Waals surface area (Å²) < 4.78 is 5.42. The molecule has 30 heavy (non-hydrogen) atoms. The highest BCUT2D eigenvalue weighted by atomic mass is 32.2. The van der Waals surface area contributed by atoms with E-state index < -0.39 is 5.25 Å². The Morgan fingerprint density at radius 3 is 2.43 bits per heavy atom. The minimum absolute atomic E-state index is 0.127. The number of nitrogens with one attached hydrogen (secondary N) is 1. The van der Waals surface area contributed by atoms with Crippen molar-refractivity contribution in [2.24, 2.45) is 0 Å². The van der Waals surface area contributed by atoms with Gasteiger partial charge < -0.3 is 10.1 Å². The SMILES string of the molecule is COc1ccc(C)cc1NC(=O)[C@@H](Sc1cc(C)nc(C(C)C)n1)c1ccccc1. The van der Waals surface area contributed by atoms with Crippen LogP contribution in [0.25, 0.3) is 0 Å². The van der Waals surface area contributed by atoms with Gasteiger partial charge in [-0.25, -0.2) is 9.97 Å². The molecule has 5 nitrogen and oxygen atoms in total. The van der Waals surface area contributed by atoms with Crippen LogP contribution in [-0.4, -0.2) is 23.0 Å². The van der Waals surface area contributed by atoms with Crippen LogP contribution in [0, 0.1) is 13.8 Å². The standard InChI is InChI=1S/C24H27N3O2S/c1-15(2)23-25-17(4)14-21(27-23)30-22(18-9-7-6-8-10-18)24(28)26-19-13-16(3)11-12-20(19)29-5/h6-15,22H,1-5H3,(H,26,28)/t22-/m0/s1. The lowest BCUT2D eigenvalue weighted by Crippen LogP contribution is -2.20. The van der Waals surface area contributed by atoms with Crippen LogP contribution in [-0.2, 0) is 4.79 Å². The van der Waals surface area contributed by atoms with Crippen LogP contribution < -0.4 is 10.1 Å². The van der Waals surface area contributed by atoms with Crippen molar-refractivity contribution in [3.8, 4) is 5.75 Å². The molecule has 0 spiro atoms. The van der Waals surface area contributed by atoms with Gasteiger partial charge in [0.05, 0.1) is 12.8 Å². The van der Waals surface area contributed by atoms with Crippen molar-refractivity contribution >= 4 is 23.4 Å². The average Bonchev–Trinajstić information content (AvgIpc) is 2.72. The second kappa shape index (κ2) is 9.76. The zero-order valence-corrected chi connectivity index (χ0v) is 18.8. The van der Waals surface area contributed by atoms with Gasteiger partial charge in [0.25, 0.3) is 0 Å². The largest absolute Gasteiger partial charge is 0.495 e. The Morgan fingerprint density at radius 2 is 1.77 bits per heavy atom. The number of methoxy groups -OCH3 is 1. The highest BCUT2D eigenvalue weighted by molar-refractivity contribution is 8.00. The summed E-state index contributed by atoms with van der Waals surface area (Å²) in [6.45, 7) is 8.06. The summed E-state index contributed by atoms with van der Waals surface area (Å²) in [7, 11) is 1.60. The van der Waals surface area contributed by atoms with Gasteiger partial charge in [0.2, 0.25) is 5.91 Å². The van der Waals surface area contributed by atoms with Gasteiger partial charge in [0.15, 0.2) is 0 Å². The number of carbonyl (C=O) groups is 1. The van der Waals surface area contributed by atoms with E-state index in [1.165, 1.54) is 11.8 Å². The van der Waals surface area contributed by atoms with Crippen LogP contribution in [0.15, 0.2) is 59.6 Å². The summed E-state index contributed by atoms with van der Waals surface area (Å²) in [5, 5.41) is 3.36. The Hall–Kier alpha value is -2.86. The van der Waals surface area contributed by atoms with Gasteiger partial charge in [-0.2, -0.15) is 0 Å². The average molecular weight is 422 g/mol. The fraction of sp³-hybridized carbons (Fsp3) is 0.292. The molecule has 1 atom stereocenters. The summed E-state index contributed by atoms with van der Waals surface area (Å²) >= 11 is 1.43. The Balaban J connectivity index is 1.94. The van der Waals surface area contributed by atoms with Gasteiger partial charge >= 0.3 is 0 Å². The highest BCUT2D eigenvalue weighted by Gasteiger charge is 2.24. The van der Waals surface area contributed by atoms with Crippen LogP contribution >= 0.6 is 11.8 Å². The molecule has 0 aliphatic heterocycles. The van der Waals surface area contributed by atoms with Crippen molar-refractivity contribution in [1.82, 2.24) is 9.97 Å². The molecule has 2 aromatic carbocycles. The lowest BCUT2D eigenvalue weighted by Gasteiger charge is -2.19. The molecule has 3 aromatic rings. The van der Waals surface area contributed by atoms with Gasteiger partial charge in [-0.3, -0.25) is 4.79 Å². The van der Waals surface area contributed by atoms with Crippen molar-refractivity contribution in [1.29, 1.82) is 0 Å². The summed E-state index contributed by atoms with van der Waals surface area (Å²) in [5.74, 6) is 1.50. The number of aromatic nitrogens is 2. The first-order chi connectivity index (χ1) is 14.4. The molecule has 0 unspecified atom stereocenters. The summed E-state index contributed by atoms with van der Waals surface area (Å²) in [6, 6.07) is 17.4. The molecule has 0 fully saturated rings. The van der Waals surface area contributed by atoms with E-state index >= 15 is 0 Å². The van der Waals surface area contributed by atoms with Crippen molar-refractivity contribution in [3.63, 3.8) is 0 Å². The number of carbonyl (C=O) groups excluding carboxylic acids is 1. The molecule has 0 aliphatic carbocycles. The third kappa shape index (κ3) is 5.39. The maximum atomic E-state index is 13.4. The first-order valence-corrected chi connectivity index (χ1v) is 10.8. The molecule has 156 valence electrons. The van der Waals surface area contributed by atoms with Gasteiger partial charge in [0.1, 0.15) is 21.8 Å². The van der Waals surface area contributed by atoms with Crippen LogP contribution in [0.5, 0.6) is 5.75 Å². The third-order valence-electron chi connectivity index (χ3n) is 4.56. The van der Waals surface area contributed by atoms with E-state index in [2.05, 4.69) is 29.1 Å². The monoisotopic (exact) mass is 421 g/mol. The number of anilines is 1. The summed E-state index contributed by atoms with van der Waals surface area (Å²) in [4.78, 5) is 22.6. The molecule has 0 aliphatic rings. The second-order valence-corrected chi connectivity index (χ2v) is 8.59. The van der Waals surface area contributed by atoms with Crippen LogP contribution in [0.1, 0.15) is 47.7 Å². The predicted molar refractivity (Wildman–Crippen MR) is 122 cm³/mol. The fourth-order valence-electron chi connectivity index (χ4n) is 3.02. The van der Waals surface area contributed by atoms with Gasteiger partial charge in [-0.05, 0) is 43.2 Å². The van der Waals surface area contributed by atoms with E-state index in [9.17, 15) is 4.79 Å². The number of benzene rings is 2. The Kier molecular flexibility index (Phi) is 7.11. The molecule has 6 heteroatoms. The number of aryl methyl sites for hydroxylation is 2. The zero-order chi connectivity index (χ0) is 21.7. The second-order valence-electron chi connectivity index (χ2n) is 7.46. The Bertz CT molecular complexity index is 1020. The molecule has 0 saturated carbocycles. The third-order valence-corrected chi connectivity index (χ3v) is 5.73. The first-order valence-electron chi connectivity index (χ1n) is 9.90.